The normalized spacial score (nSPS) is 47.2. The summed E-state index contributed by atoms with van der Waals surface area (Å²) in [7, 11) is 0. The topological polar surface area (TPSA) is 111 Å². The van der Waals surface area contributed by atoms with Crippen molar-refractivity contribution < 1.29 is 33.7 Å². The number of nitrogens with one attached hydrogen (secondary N) is 1. The lowest BCUT2D eigenvalue weighted by molar-refractivity contribution is -0.263. The number of allylic oxidation sites excluding steroid dienone is 1. The van der Waals surface area contributed by atoms with Gasteiger partial charge in [-0.2, -0.15) is 0 Å². The first-order valence-electron chi connectivity index (χ1n) is 19.1. The Morgan fingerprint density at radius 2 is 1.73 bits per heavy atom. The maximum Gasteiger partial charge on any atom is 0.320 e. The van der Waals surface area contributed by atoms with E-state index < -0.39 is 34.9 Å². The lowest BCUT2D eigenvalue weighted by atomic mass is 9.34. The molecule has 6 aliphatic rings. The van der Waals surface area contributed by atoms with Crippen LogP contribution in [0.3, 0.4) is 0 Å². The predicted molar refractivity (Wildman–Crippen MR) is 184 cm³/mol. The molecule has 4 saturated carbocycles. The molecule has 1 saturated heterocycles. The lowest BCUT2D eigenvalue weighted by Gasteiger charge is -2.71. The molecule has 8 heteroatoms. The number of hydrogen-bond donors (Lipinski definition) is 2. The summed E-state index contributed by atoms with van der Waals surface area (Å²) in [6.07, 6.45) is 9.72. The van der Waals surface area contributed by atoms with Crippen LogP contribution in [-0.2, 0) is 28.6 Å². The fourth-order valence-corrected chi connectivity index (χ4v) is 13.0. The van der Waals surface area contributed by atoms with Crippen molar-refractivity contribution in [2.24, 2.45) is 62.6 Å². The lowest BCUT2D eigenvalue weighted by Crippen LogP contribution is -2.70. The number of carboxylic acid groups (broad SMARTS) is 1. The second-order valence-corrected chi connectivity index (χ2v) is 18.5. The summed E-state index contributed by atoms with van der Waals surface area (Å²) in [5.41, 5.74) is -0.403. The summed E-state index contributed by atoms with van der Waals surface area (Å²) in [5.74, 6) is -0.142. The smallest absolute Gasteiger partial charge is 0.320 e. The Labute approximate surface area is 288 Å². The zero-order chi connectivity index (χ0) is 35.0. The van der Waals surface area contributed by atoms with Crippen molar-refractivity contribution in [3.8, 4) is 0 Å². The minimum absolute atomic E-state index is 0.147. The highest BCUT2D eigenvalue weighted by molar-refractivity contribution is 5.73. The molecule has 6 rings (SSSR count). The van der Waals surface area contributed by atoms with E-state index in [9.17, 15) is 19.5 Å². The fraction of sp³-hybridized carbons (Fsp3) is 0.875. The molecule has 48 heavy (non-hydrogen) atoms. The van der Waals surface area contributed by atoms with Crippen LogP contribution in [-0.4, -0.2) is 61.0 Å². The molecule has 8 nitrogen and oxygen atoms in total. The molecule has 270 valence electrons. The number of hydrogen-bond acceptors (Lipinski definition) is 7. The van der Waals surface area contributed by atoms with Gasteiger partial charge in [0.2, 0.25) is 0 Å². The minimum Gasteiger partial charge on any atom is -0.481 e. The molecule has 2 bridgehead atoms. The molecule has 2 N–H and O–H groups in total. The highest BCUT2D eigenvalue weighted by Crippen LogP contribution is 2.75. The average Bonchev–Trinajstić information content (AvgIpc) is 3.42. The van der Waals surface area contributed by atoms with Gasteiger partial charge in [0.1, 0.15) is 12.2 Å². The molecule has 5 fully saturated rings. The molecular formula is C40H63NO7. The van der Waals surface area contributed by atoms with Gasteiger partial charge in [-0.3, -0.25) is 14.4 Å². The Morgan fingerprint density at radius 3 is 2.35 bits per heavy atom. The van der Waals surface area contributed by atoms with Gasteiger partial charge in [0, 0.05) is 23.8 Å². The number of fused-ring (bicyclic) bond motifs is 3. The van der Waals surface area contributed by atoms with Crippen molar-refractivity contribution >= 4 is 17.9 Å². The summed E-state index contributed by atoms with van der Waals surface area (Å²) >= 11 is 0. The summed E-state index contributed by atoms with van der Waals surface area (Å²) < 4.78 is 19.0. The molecule has 0 radical (unpaired) electrons. The van der Waals surface area contributed by atoms with Crippen LogP contribution >= 0.6 is 0 Å². The number of esters is 2. The standard InChI is InChI=1S/C40H63NO7/c1-23(2)25(4)36(6)17-18-38(8)27-13-14-31-37(7)21-46-22-40(31,28(27)15-16-39(38,9)33(36)35(44)45)19-30(47-26(5)42)34(37)48-32(43)20-41-29-12-10-11-24(29)3/h15,23-25,27,29-31,33-34,41H,10-14,16-22H2,1-9H3,(H,44,45)/t24?,25-,27+,29?,30-,31+,33-,34+,36-,37-,38-,39+,40+/m1/s1. The van der Waals surface area contributed by atoms with Gasteiger partial charge in [-0.25, -0.2) is 0 Å². The van der Waals surface area contributed by atoms with E-state index in [4.69, 9.17) is 14.2 Å². The highest BCUT2D eigenvalue weighted by atomic mass is 16.6. The van der Waals surface area contributed by atoms with Gasteiger partial charge >= 0.3 is 17.9 Å². The first-order valence-corrected chi connectivity index (χ1v) is 19.1. The van der Waals surface area contributed by atoms with Crippen molar-refractivity contribution in [3.05, 3.63) is 11.6 Å². The number of aliphatic carboxylic acids is 1. The maximum absolute atomic E-state index is 13.4. The van der Waals surface area contributed by atoms with Crippen LogP contribution in [0.1, 0.15) is 120 Å². The molecule has 5 aliphatic carbocycles. The Bertz CT molecular complexity index is 1330. The number of carbonyl (C=O) groups is 3. The van der Waals surface area contributed by atoms with E-state index in [0.29, 0.717) is 43.9 Å². The van der Waals surface area contributed by atoms with Crippen molar-refractivity contribution in [2.45, 2.75) is 138 Å². The van der Waals surface area contributed by atoms with Gasteiger partial charge in [0.25, 0.3) is 0 Å². The molecule has 13 atom stereocenters. The molecule has 0 aromatic rings. The number of carbonyl (C=O) groups excluding carboxylic acids is 2. The van der Waals surface area contributed by atoms with Gasteiger partial charge < -0.3 is 24.6 Å². The zero-order valence-electron chi connectivity index (χ0n) is 31.2. The van der Waals surface area contributed by atoms with E-state index in [0.717, 1.165) is 32.1 Å². The molecule has 0 aromatic carbocycles. The van der Waals surface area contributed by atoms with E-state index in [2.05, 4.69) is 66.8 Å². The molecule has 2 unspecified atom stereocenters. The van der Waals surface area contributed by atoms with Crippen LogP contribution in [0.2, 0.25) is 0 Å². The molecule has 1 heterocycles. The Balaban J connectivity index is 1.34. The summed E-state index contributed by atoms with van der Waals surface area (Å²) in [6, 6.07) is 0.321. The van der Waals surface area contributed by atoms with Crippen LogP contribution in [0, 0.1) is 62.6 Å². The highest BCUT2D eigenvalue weighted by Gasteiger charge is 2.72. The van der Waals surface area contributed by atoms with E-state index in [1.54, 1.807) is 0 Å². The summed E-state index contributed by atoms with van der Waals surface area (Å²) in [4.78, 5) is 39.4. The van der Waals surface area contributed by atoms with Crippen LogP contribution in [0.15, 0.2) is 11.6 Å². The largest absolute Gasteiger partial charge is 0.481 e. The van der Waals surface area contributed by atoms with Crippen LogP contribution in [0.5, 0.6) is 0 Å². The quantitative estimate of drug-likeness (QED) is 0.206. The second-order valence-electron chi connectivity index (χ2n) is 18.5. The monoisotopic (exact) mass is 669 g/mol. The van der Waals surface area contributed by atoms with Gasteiger partial charge in [-0.1, -0.05) is 73.5 Å². The Kier molecular flexibility index (Phi) is 9.26. The van der Waals surface area contributed by atoms with E-state index in [1.165, 1.54) is 25.3 Å². The van der Waals surface area contributed by atoms with Crippen LogP contribution in [0.25, 0.3) is 0 Å². The first kappa shape index (κ1) is 35.9. The van der Waals surface area contributed by atoms with Crippen molar-refractivity contribution in [1.82, 2.24) is 5.32 Å². The Morgan fingerprint density at radius 1 is 1.00 bits per heavy atom. The van der Waals surface area contributed by atoms with Gasteiger partial charge in [-0.15, -0.1) is 0 Å². The van der Waals surface area contributed by atoms with Crippen molar-refractivity contribution in [1.29, 1.82) is 0 Å². The number of ether oxygens (including phenoxy) is 3. The maximum atomic E-state index is 13.4. The molecule has 0 spiro atoms. The Hall–Kier alpha value is -1.93. The third-order valence-electron chi connectivity index (χ3n) is 16.0. The second kappa shape index (κ2) is 12.4. The molecular weight excluding hydrogens is 606 g/mol. The van der Waals surface area contributed by atoms with Crippen molar-refractivity contribution in [2.75, 3.05) is 19.8 Å². The van der Waals surface area contributed by atoms with E-state index in [1.807, 2.05) is 0 Å². The summed E-state index contributed by atoms with van der Waals surface area (Å²) in [5, 5.41) is 14.4. The number of rotatable bonds is 8. The van der Waals surface area contributed by atoms with E-state index in [-0.39, 0.29) is 52.5 Å². The summed E-state index contributed by atoms with van der Waals surface area (Å²) in [6.45, 7) is 20.6. The third-order valence-corrected chi connectivity index (χ3v) is 16.0. The predicted octanol–water partition coefficient (Wildman–Crippen LogP) is 7.20. The first-order chi connectivity index (χ1) is 22.4. The van der Waals surface area contributed by atoms with Crippen molar-refractivity contribution in [3.63, 3.8) is 0 Å². The zero-order valence-corrected chi connectivity index (χ0v) is 31.2. The minimum atomic E-state index is -0.662. The third kappa shape index (κ3) is 5.23. The van der Waals surface area contributed by atoms with Gasteiger partial charge in [0.05, 0.1) is 25.7 Å². The van der Waals surface area contributed by atoms with Crippen LogP contribution in [0.4, 0.5) is 0 Å². The van der Waals surface area contributed by atoms with Gasteiger partial charge in [0.15, 0.2) is 0 Å². The molecule has 1 aliphatic heterocycles. The SMILES string of the molecule is CC(=O)O[C@@H]1C[C@@]23COC[C@](C)([C@@H]2CC[C@H]2C3=CC[C@@]3(C)[C@H](C(=O)O)[C@@](C)([C@H](C)C(C)C)CC[C@]23C)[C@H]1OC(=O)CNC1CCCC1C. The number of carboxylic acids is 1. The van der Waals surface area contributed by atoms with Crippen LogP contribution < -0.4 is 5.32 Å². The van der Waals surface area contributed by atoms with Gasteiger partial charge in [-0.05, 0) is 97.2 Å². The molecule has 0 amide bonds. The average molecular weight is 670 g/mol. The fourth-order valence-electron chi connectivity index (χ4n) is 13.0. The van der Waals surface area contributed by atoms with E-state index >= 15 is 0 Å². The molecule has 0 aromatic heterocycles.